The van der Waals surface area contributed by atoms with Crippen LogP contribution in [0.1, 0.15) is 18.4 Å². The minimum Gasteiger partial charge on any atom is -0.390 e. The van der Waals surface area contributed by atoms with Crippen molar-refractivity contribution in [3.63, 3.8) is 0 Å². The fourth-order valence-electron chi connectivity index (χ4n) is 1.97. The van der Waals surface area contributed by atoms with Gasteiger partial charge in [-0.15, -0.1) is 0 Å². The maximum absolute atomic E-state index is 10.0. The topological polar surface area (TPSA) is 29.5 Å². The van der Waals surface area contributed by atoms with E-state index in [2.05, 4.69) is 0 Å². The van der Waals surface area contributed by atoms with Gasteiger partial charge in [-0.2, -0.15) is 0 Å². The maximum atomic E-state index is 10.0. The highest BCUT2D eigenvalue weighted by Gasteiger charge is 2.25. The van der Waals surface area contributed by atoms with Crippen LogP contribution in [0.2, 0.25) is 10.0 Å². The van der Waals surface area contributed by atoms with Crippen LogP contribution in [0.15, 0.2) is 18.2 Å². The quantitative estimate of drug-likeness (QED) is 0.906. The molecule has 1 saturated heterocycles. The average Bonchev–Trinajstić information content (AvgIpc) is 2.76. The summed E-state index contributed by atoms with van der Waals surface area (Å²) in [6.07, 6.45) is 1.76. The molecule has 0 radical (unpaired) electrons. The monoisotopic (exact) mass is 260 g/mol. The standard InChI is InChI=1S/C12H14Cl2O2/c13-9-3-1-4-10(14)8(9)7-11(15)12-5-2-6-16-12/h1,3-4,11-12,15H,2,5-7H2. The van der Waals surface area contributed by atoms with Crippen LogP contribution < -0.4 is 0 Å². The lowest BCUT2D eigenvalue weighted by molar-refractivity contribution is -0.000752. The van der Waals surface area contributed by atoms with E-state index in [1.54, 1.807) is 18.2 Å². The van der Waals surface area contributed by atoms with Gasteiger partial charge in [0.1, 0.15) is 0 Å². The lowest BCUT2D eigenvalue weighted by Gasteiger charge is -2.18. The Labute approximate surface area is 105 Å². The van der Waals surface area contributed by atoms with Crippen LogP contribution in [-0.4, -0.2) is 23.9 Å². The van der Waals surface area contributed by atoms with Crippen molar-refractivity contribution < 1.29 is 9.84 Å². The van der Waals surface area contributed by atoms with Gasteiger partial charge >= 0.3 is 0 Å². The molecule has 1 N–H and O–H groups in total. The fraction of sp³-hybridized carbons (Fsp3) is 0.500. The molecule has 2 atom stereocenters. The molecule has 0 bridgehead atoms. The van der Waals surface area contributed by atoms with Crippen LogP contribution in [0.4, 0.5) is 0 Å². The van der Waals surface area contributed by atoms with Crippen molar-refractivity contribution in [3.8, 4) is 0 Å². The number of ether oxygens (including phenoxy) is 1. The minimum atomic E-state index is -0.528. The van der Waals surface area contributed by atoms with Crippen LogP contribution in [0, 0.1) is 0 Å². The summed E-state index contributed by atoms with van der Waals surface area (Å²) in [6.45, 7) is 0.734. The van der Waals surface area contributed by atoms with Crippen molar-refractivity contribution in [2.75, 3.05) is 6.61 Å². The first-order chi connectivity index (χ1) is 7.68. The third-order valence-electron chi connectivity index (χ3n) is 2.87. The lowest BCUT2D eigenvalue weighted by atomic mass is 10.0. The first kappa shape index (κ1) is 12.2. The highest BCUT2D eigenvalue weighted by atomic mass is 35.5. The van der Waals surface area contributed by atoms with E-state index in [0.717, 1.165) is 25.0 Å². The Hall–Kier alpha value is -0.280. The molecule has 1 heterocycles. The summed E-state index contributed by atoms with van der Waals surface area (Å²) in [5.74, 6) is 0. The van der Waals surface area contributed by atoms with Gasteiger partial charge in [0.15, 0.2) is 0 Å². The highest BCUT2D eigenvalue weighted by Crippen LogP contribution is 2.27. The largest absolute Gasteiger partial charge is 0.390 e. The van der Waals surface area contributed by atoms with Crippen molar-refractivity contribution >= 4 is 23.2 Å². The number of aliphatic hydroxyl groups is 1. The van der Waals surface area contributed by atoms with E-state index in [1.807, 2.05) is 0 Å². The van der Waals surface area contributed by atoms with Crippen LogP contribution in [0.3, 0.4) is 0 Å². The lowest BCUT2D eigenvalue weighted by Crippen LogP contribution is -2.27. The van der Waals surface area contributed by atoms with E-state index in [4.69, 9.17) is 27.9 Å². The maximum Gasteiger partial charge on any atom is 0.0843 e. The molecular weight excluding hydrogens is 247 g/mol. The molecule has 88 valence electrons. The number of hydrogen-bond acceptors (Lipinski definition) is 2. The Kier molecular flexibility index (Phi) is 4.09. The molecule has 1 aliphatic heterocycles. The predicted molar refractivity (Wildman–Crippen MR) is 65.1 cm³/mol. The Morgan fingerprint density at radius 2 is 2.06 bits per heavy atom. The molecule has 1 aliphatic rings. The van der Waals surface area contributed by atoms with Crippen molar-refractivity contribution in [1.29, 1.82) is 0 Å². The second kappa shape index (κ2) is 5.37. The molecule has 16 heavy (non-hydrogen) atoms. The second-order valence-corrected chi connectivity index (χ2v) is 4.84. The molecular formula is C12H14Cl2O2. The Balaban J connectivity index is 2.07. The molecule has 4 heteroatoms. The summed E-state index contributed by atoms with van der Waals surface area (Å²) in [5, 5.41) is 11.2. The van der Waals surface area contributed by atoms with Gasteiger partial charge in [-0.05, 0) is 30.5 Å². The summed E-state index contributed by atoms with van der Waals surface area (Å²) >= 11 is 12.1. The van der Waals surface area contributed by atoms with Crippen molar-refractivity contribution in [2.45, 2.75) is 31.5 Å². The van der Waals surface area contributed by atoms with Crippen LogP contribution in [0.5, 0.6) is 0 Å². The van der Waals surface area contributed by atoms with Gasteiger partial charge < -0.3 is 9.84 Å². The molecule has 1 aromatic rings. The Morgan fingerprint density at radius 1 is 1.38 bits per heavy atom. The average molecular weight is 261 g/mol. The molecule has 2 unspecified atom stereocenters. The van der Waals surface area contributed by atoms with Crippen molar-refractivity contribution in [1.82, 2.24) is 0 Å². The molecule has 0 aliphatic carbocycles. The zero-order valence-electron chi connectivity index (χ0n) is 8.83. The summed E-state index contributed by atoms with van der Waals surface area (Å²) in [5.41, 5.74) is 0.800. The summed E-state index contributed by atoms with van der Waals surface area (Å²) < 4.78 is 5.43. The smallest absolute Gasteiger partial charge is 0.0843 e. The Bertz CT molecular complexity index is 342. The van der Waals surface area contributed by atoms with Crippen LogP contribution in [-0.2, 0) is 11.2 Å². The van der Waals surface area contributed by atoms with Gasteiger partial charge in [0, 0.05) is 23.1 Å². The molecule has 1 aromatic carbocycles. The number of benzene rings is 1. The number of rotatable bonds is 3. The molecule has 1 fully saturated rings. The summed E-state index contributed by atoms with van der Waals surface area (Å²) in [7, 11) is 0. The van der Waals surface area contributed by atoms with E-state index in [9.17, 15) is 5.11 Å². The summed E-state index contributed by atoms with van der Waals surface area (Å²) in [4.78, 5) is 0. The van der Waals surface area contributed by atoms with Gasteiger partial charge in [0.05, 0.1) is 12.2 Å². The van der Waals surface area contributed by atoms with Crippen LogP contribution in [0.25, 0.3) is 0 Å². The number of aliphatic hydroxyl groups excluding tert-OH is 1. The molecule has 0 spiro atoms. The van der Waals surface area contributed by atoms with Gasteiger partial charge in [-0.3, -0.25) is 0 Å². The predicted octanol–water partition coefficient (Wildman–Crippen LogP) is 3.08. The third kappa shape index (κ3) is 2.69. The molecule has 0 amide bonds. The minimum absolute atomic E-state index is 0.0765. The molecule has 2 nitrogen and oxygen atoms in total. The first-order valence-corrected chi connectivity index (χ1v) is 6.16. The molecule has 0 saturated carbocycles. The first-order valence-electron chi connectivity index (χ1n) is 5.41. The SMILES string of the molecule is OC(Cc1c(Cl)cccc1Cl)C1CCCO1. The van der Waals surface area contributed by atoms with E-state index in [-0.39, 0.29) is 6.10 Å². The normalized spacial score (nSPS) is 22.3. The van der Waals surface area contributed by atoms with E-state index in [0.29, 0.717) is 16.5 Å². The Morgan fingerprint density at radius 3 is 2.62 bits per heavy atom. The van der Waals surface area contributed by atoms with Gasteiger partial charge in [0.2, 0.25) is 0 Å². The van der Waals surface area contributed by atoms with Gasteiger partial charge in [0.25, 0.3) is 0 Å². The molecule has 2 rings (SSSR count). The molecule has 0 aromatic heterocycles. The van der Waals surface area contributed by atoms with E-state index < -0.39 is 6.10 Å². The van der Waals surface area contributed by atoms with Gasteiger partial charge in [-0.1, -0.05) is 29.3 Å². The van der Waals surface area contributed by atoms with E-state index >= 15 is 0 Å². The number of halogens is 2. The van der Waals surface area contributed by atoms with E-state index in [1.165, 1.54) is 0 Å². The zero-order chi connectivity index (χ0) is 11.5. The third-order valence-corrected chi connectivity index (χ3v) is 3.58. The highest BCUT2D eigenvalue weighted by molar-refractivity contribution is 6.35. The summed E-state index contributed by atoms with van der Waals surface area (Å²) in [6, 6.07) is 5.36. The number of hydrogen-bond donors (Lipinski definition) is 1. The fourth-order valence-corrected chi connectivity index (χ4v) is 2.53. The second-order valence-electron chi connectivity index (χ2n) is 4.02. The van der Waals surface area contributed by atoms with Crippen molar-refractivity contribution in [3.05, 3.63) is 33.8 Å². The van der Waals surface area contributed by atoms with Crippen LogP contribution >= 0.6 is 23.2 Å². The van der Waals surface area contributed by atoms with Crippen molar-refractivity contribution in [2.24, 2.45) is 0 Å². The van der Waals surface area contributed by atoms with Gasteiger partial charge in [-0.25, -0.2) is 0 Å². The zero-order valence-corrected chi connectivity index (χ0v) is 10.3.